The summed E-state index contributed by atoms with van der Waals surface area (Å²) in [5.74, 6) is -2.16. The van der Waals surface area contributed by atoms with Crippen molar-refractivity contribution in [3.8, 4) is 0 Å². The first-order chi connectivity index (χ1) is 10.3. The van der Waals surface area contributed by atoms with Crippen molar-refractivity contribution in [2.45, 2.75) is 33.2 Å². The lowest BCUT2D eigenvalue weighted by Gasteiger charge is -2.19. The number of carboxylic acid groups (broad SMARTS) is 1. The summed E-state index contributed by atoms with van der Waals surface area (Å²) in [4.78, 5) is 26.3. The number of carboxylic acids is 1. The molecule has 0 saturated carbocycles. The Hall–Kier alpha value is -2.37. The van der Waals surface area contributed by atoms with Crippen molar-refractivity contribution in [1.82, 2.24) is 10.3 Å². The zero-order valence-electron chi connectivity index (χ0n) is 12.7. The summed E-state index contributed by atoms with van der Waals surface area (Å²) in [6, 6.07) is 3.34. The number of aliphatic carboxylic acids is 1. The van der Waals surface area contributed by atoms with Crippen LogP contribution in [0.25, 0.3) is 10.9 Å². The minimum absolute atomic E-state index is 0.190. The van der Waals surface area contributed by atoms with Crippen molar-refractivity contribution in [2.24, 2.45) is 5.92 Å². The minimum atomic E-state index is -1.07. The summed E-state index contributed by atoms with van der Waals surface area (Å²) in [5, 5.41) is 12.5. The number of rotatable bonds is 5. The fraction of sp³-hybridized carbons (Fsp3) is 0.375. The van der Waals surface area contributed by atoms with Gasteiger partial charge in [0.25, 0.3) is 5.91 Å². The van der Waals surface area contributed by atoms with Crippen molar-refractivity contribution in [3.63, 3.8) is 0 Å². The first-order valence-electron chi connectivity index (χ1n) is 7.16. The number of carbonyl (C=O) groups excluding carboxylic acids is 1. The van der Waals surface area contributed by atoms with Gasteiger partial charge in [0.2, 0.25) is 0 Å². The number of carbonyl (C=O) groups is 2. The van der Waals surface area contributed by atoms with Gasteiger partial charge in [0, 0.05) is 10.9 Å². The van der Waals surface area contributed by atoms with Crippen LogP contribution in [0.3, 0.4) is 0 Å². The van der Waals surface area contributed by atoms with Crippen LogP contribution in [0.15, 0.2) is 18.2 Å². The van der Waals surface area contributed by atoms with Gasteiger partial charge in [0.15, 0.2) is 0 Å². The molecule has 0 saturated heterocycles. The molecule has 0 bridgehead atoms. The molecule has 0 aliphatic rings. The standard InChI is InChI=1S/C16H19FN2O3/c1-4-8(2)14(16(21)22)19-15(20)13-7-11-9(3)5-10(17)6-12(11)18-13/h5-8,14,18H,4H2,1-3H3,(H,19,20)(H,21,22)/t8-,14-/m0/s1. The first kappa shape index (κ1) is 16.0. The Bertz CT molecular complexity index is 723. The van der Waals surface area contributed by atoms with Gasteiger partial charge in [0.1, 0.15) is 17.6 Å². The number of aryl methyl sites for hydroxylation is 1. The lowest BCUT2D eigenvalue weighted by atomic mass is 9.99. The monoisotopic (exact) mass is 306 g/mol. The third-order valence-electron chi connectivity index (χ3n) is 3.92. The van der Waals surface area contributed by atoms with Gasteiger partial charge in [0.05, 0.1) is 0 Å². The zero-order chi connectivity index (χ0) is 16.4. The van der Waals surface area contributed by atoms with E-state index >= 15 is 0 Å². The quantitative estimate of drug-likeness (QED) is 0.794. The van der Waals surface area contributed by atoms with Gasteiger partial charge in [-0.1, -0.05) is 20.3 Å². The Balaban J connectivity index is 2.29. The molecule has 1 aromatic carbocycles. The highest BCUT2D eigenvalue weighted by atomic mass is 19.1. The van der Waals surface area contributed by atoms with E-state index in [4.69, 9.17) is 0 Å². The number of H-pyrrole nitrogens is 1. The third-order valence-corrected chi connectivity index (χ3v) is 3.92. The molecule has 0 radical (unpaired) electrons. The molecule has 2 rings (SSSR count). The molecule has 0 spiro atoms. The summed E-state index contributed by atoms with van der Waals surface area (Å²) in [6.45, 7) is 5.38. The molecule has 22 heavy (non-hydrogen) atoms. The largest absolute Gasteiger partial charge is 0.480 e. The highest BCUT2D eigenvalue weighted by molar-refractivity contribution is 6.00. The van der Waals surface area contributed by atoms with Crippen LogP contribution in [0.2, 0.25) is 0 Å². The molecule has 2 aromatic rings. The van der Waals surface area contributed by atoms with E-state index in [-0.39, 0.29) is 17.4 Å². The number of fused-ring (bicyclic) bond motifs is 1. The SMILES string of the molecule is CC[C@H](C)[C@H](NC(=O)c1cc2c(C)cc(F)cc2[nH]1)C(=O)O. The highest BCUT2D eigenvalue weighted by Crippen LogP contribution is 2.21. The molecule has 6 heteroatoms. The predicted molar refractivity (Wildman–Crippen MR) is 81.3 cm³/mol. The van der Waals surface area contributed by atoms with Gasteiger partial charge in [-0.05, 0) is 36.6 Å². The van der Waals surface area contributed by atoms with Crippen LogP contribution in [0.4, 0.5) is 4.39 Å². The van der Waals surface area contributed by atoms with E-state index in [0.717, 1.165) is 5.39 Å². The summed E-state index contributed by atoms with van der Waals surface area (Å²) in [7, 11) is 0. The molecule has 5 nitrogen and oxygen atoms in total. The lowest BCUT2D eigenvalue weighted by molar-refractivity contribution is -0.140. The fourth-order valence-corrected chi connectivity index (χ4v) is 2.40. The molecule has 0 unspecified atom stereocenters. The Morgan fingerprint density at radius 3 is 2.64 bits per heavy atom. The number of aromatic nitrogens is 1. The topological polar surface area (TPSA) is 82.2 Å². The van der Waals surface area contributed by atoms with Crippen LogP contribution in [0, 0.1) is 18.7 Å². The third kappa shape index (κ3) is 3.10. The second-order valence-corrected chi connectivity index (χ2v) is 5.54. The van der Waals surface area contributed by atoms with Gasteiger partial charge >= 0.3 is 5.97 Å². The number of hydrogen-bond acceptors (Lipinski definition) is 2. The fourth-order valence-electron chi connectivity index (χ4n) is 2.40. The van der Waals surface area contributed by atoms with Crippen LogP contribution >= 0.6 is 0 Å². The molecule has 0 aliphatic heterocycles. The van der Waals surface area contributed by atoms with E-state index in [1.807, 2.05) is 6.92 Å². The number of hydrogen-bond donors (Lipinski definition) is 3. The van der Waals surface area contributed by atoms with Crippen LogP contribution in [-0.2, 0) is 4.79 Å². The summed E-state index contributed by atoms with van der Waals surface area (Å²) in [5.41, 5.74) is 1.44. The molecular weight excluding hydrogens is 287 g/mol. The molecule has 1 heterocycles. The van der Waals surface area contributed by atoms with Crippen molar-refractivity contribution in [1.29, 1.82) is 0 Å². The van der Waals surface area contributed by atoms with Crippen molar-refractivity contribution in [3.05, 3.63) is 35.3 Å². The average Bonchev–Trinajstić information content (AvgIpc) is 2.87. The van der Waals surface area contributed by atoms with Crippen LogP contribution in [0.5, 0.6) is 0 Å². The molecular formula is C16H19FN2O3. The molecule has 0 aliphatic carbocycles. The van der Waals surface area contributed by atoms with Crippen molar-refractivity contribution < 1.29 is 19.1 Å². The van der Waals surface area contributed by atoms with Crippen molar-refractivity contribution in [2.75, 3.05) is 0 Å². The van der Waals surface area contributed by atoms with Crippen molar-refractivity contribution >= 4 is 22.8 Å². The molecule has 0 fully saturated rings. The zero-order valence-corrected chi connectivity index (χ0v) is 12.7. The van der Waals surface area contributed by atoms with E-state index in [1.165, 1.54) is 12.1 Å². The average molecular weight is 306 g/mol. The van der Waals surface area contributed by atoms with Gasteiger partial charge < -0.3 is 15.4 Å². The Kier molecular flexibility index (Phi) is 4.49. The second kappa shape index (κ2) is 6.17. The van der Waals surface area contributed by atoms with E-state index in [1.54, 1.807) is 19.9 Å². The van der Waals surface area contributed by atoms with E-state index in [9.17, 15) is 19.1 Å². The van der Waals surface area contributed by atoms with Crippen LogP contribution < -0.4 is 5.32 Å². The Morgan fingerprint density at radius 2 is 2.05 bits per heavy atom. The predicted octanol–water partition coefficient (Wildman–Crippen LogP) is 2.84. The molecule has 1 aromatic heterocycles. The smallest absolute Gasteiger partial charge is 0.326 e. The maximum absolute atomic E-state index is 13.4. The maximum Gasteiger partial charge on any atom is 0.326 e. The number of halogens is 1. The minimum Gasteiger partial charge on any atom is -0.480 e. The number of nitrogens with one attached hydrogen (secondary N) is 2. The summed E-state index contributed by atoms with van der Waals surface area (Å²) < 4.78 is 13.4. The number of aromatic amines is 1. The van der Waals surface area contributed by atoms with E-state index in [2.05, 4.69) is 10.3 Å². The Labute approximate surface area is 127 Å². The summed E-state index contributed by atoms with van der Waals surface area (Å²) in [6.07, 6.45) is 0.633. The Morgan fingerprint density at radius 1 is 1.36 bits per heavy atom. The molecule has 2 atom stereocenters. The second-order valence-electron chi connectivity index (χ2n) is 5.54. The molecule has 1 amide bonds. The van der Waals surface area contributed by atoms with Gasteiger partial charge in [-0.2, -0.15) is 0 Å². The van der Waals surface area contributed by atoms with E-state index in [0.29, 0.717) is 17.5 Å². The van der Waals surface area contributed by atoms with Gasteiger partial charge in [-0.25, -0.2) is 9.18 Å². The van der Waals surface area contributed by atoms with Gasteiger partial charge in [-0.15, -0.1) is 0 Å². The van der Waals surface area contributed by atoms with Gasteiger partial charge in [-0.3, -0.25) is 4.79 Å². The number of benzene rings is 1. The van der Waals surface area contributed by atoms with E-state index < -0.39 is 17.9 Å². The normalized spacial score (nSPS) is 13.8. The highest BCUT2D eigenvalue weighted by Gasteiger charge is 2.26. The molecule has 118 valence electrons. The maximum atomic E-state index is 13.4. The summed E-state index contributed by atoms with van der Waals surface area (Å²) >= 11 is 0. The van der Waals surface area contributed by atoms with Crippen LogP contribution in [-0.4, -0.2) is 28.0 Å². The lowest BCUT2D eigenvalue weighted by Crippen LogP contribution is -2.45. The van der Waals surface area contributed by atoms with Crippen LogP contribution in [0.1, 0.15) is 36.3 Å². The first-order valence-corrected chi connectivity index (χ1v) is 7.16. The number of amides is 1. The molecule has 3 N–H and O–H groups in total.